The van der Waals surface area contributed by atoms with Crippen LogP contribution in [0.15, 0.2) is 6.20 Å². The molecule has 1 aromatic rings. The molecule has 1 fully saturated rings. The van der Waals surface area contributed by atoms with E-state index in [1.54, 1.807) is 6.20 Å². The van der Waals surface area contributed by atoms with Crippen molar-refractivity contribution in [1.82, 2.24) is 9.88 Å². The highest BCUT2D eigenvalue weighted by Gasteiger charge is 2.29. The molecular weight excluding hydrogens is 258 g/mol. The first kappa shape index (κ1) is 14.5. The zero-order valence-electron chi connectivity index (χ0n) is 12.1. The molecule has 2 atom stereocenters. The van der Waals surface area contributed by atoms with E-state index in [4.69, 9.17) is 5.73 Å². The Morgan fingerprint density at radius 1 is 1.53 bits per heavy atom. The standard InChI is InChI=1S/C14H23N3OS/c1-9-7-10(15)5-6-17(9)12(18)11-8-16-13(19-11)14(2,3)4/h8-10H,5-7,15H2,1-4H3/t9-,10+/m0/s1. The van der Waals surface area contributed by atoms with Gasteiger partial charge in [-0.05, 0) is 19.8 Å². The van der Waals surface area contributed by atoms with Gasteiger partial charge in [-0.2, -0.15) is 0 Å². The molecule has 1 aliphatic rings. The highest BCUT2D eigenvalue weighted by atomic mass is 32.1. The van der Waals surface area contributed by atoms with E-state index < -0.39 is 0 Å². The molecule has 0 spiro atoms. The lowest BCUT2D eigenvalue weighted by Gasteiger charge is -2.36. The molecule has 19 heavy (non-hydrogen) atoms. The molecule has 1 aromatic heterocycles. The second-order valence-electron chi connectivity index (χ2n) is 6.41. The summed E-state index contributed by atoms with van der Waals surface area (Å²) in [5.74, 6) is 0.104. The predicted molar refractivity (Wildman–Crippen MR) is 78.5 cm³/mol. The third-order valence-electron chi connectivity index (χ3n) is 3.54. The summed E-state index contributed by atoms with van der Waals surface area (Å²) in [5, 5.41) is 1.01. The van der Waals surface area contributed by atoms with Crippen molar-refractivity contribution in [2.45, 2.75) is 58.0 Å². The van der Waals surface area contributed by atoms with E-state index in [9.17, 15) is 4.79 Å². The van der Waals surface area contributed by atoms with Gasteiger partial charge in [0, 0.05) is 24.0 Å². The quantitative estimate of drug-likeness (QED) is 0.860. The molecule has 2 heterocycles. The van der Waals surface area contributed by atoms with E-state index >= 15 is 0 Å². The van der Waals surface area contributed by atoms with Crippen LogP contribution in [0.2, 0.25) is 0 Å². The van der Waals surface area contributed by atoms with Crippen LogP contribution >= 0.6 is 11.3 Å². The maximum Gasteiger partial charge on any atom is 0.265 e. The van der Waals surface area contributed by atoms with Gasteiger partial charge < -0.3 is 10.6 Å². The number of carbonyl (C=O) groups excluding carboxylic acids is 1. The Morgan fingerprint density at radius 2 is 2.21 bits per heavy atom. The average molecular weight is 281 g/mol. The Morgan fingerprint density at radius 3 is 2.74 bits per heavy atom. The van der Waals surface area contributed by atoms with Gasteiger partial charge >= 0.3 is 0 Å². The van der Waals surface area contributed by atoms with Gasteiger partial charge in [-0.1, -0.05) is 20.8 Å². The number of rotatable bonds is 1. The molecule has 0 unspecified atom stereocenters. The summed E-state index contributed by atoms with van der Waals surface area (Å²) in [4.78, 5) is 19.6. The third-order valence-corrected chi connectivity index (χ3v) is 4.95. The maximum atomic E-state index is 12.5. The lowest BCUT2D eigenvalue weighted by molar-refractivity contribution is 0.0624. The van der Waals surface area contributed by atoms with Gasteiger partial charge in [0.2, 0.25) is 0 Å². The summed E-state index contributed by atoms with van der Waals surface area (Å²) < 4.78 is 0. The van der Waals surface area contributed by atoms with Crippen LogP contribution in [-0.2, 0) is 5.41 Å². The highest BCUT2D eigenvalue weighted by molar-refractivity contribution is 7.13. The molecule has 0 bridgehead atoms. The molecule has 1 saturated heterocycles. The molecule has 2 N–H and O–H groups in total. The van der Waals surface area contributed by atoms with Crippen LogP contribution in [0, 0.1) is 0 Å². The summed E-state index contributed by atoms with van der Waals surface area (Å²) in [6, 6.07) is 0.446. The first-order valence-corrected chi connectivity index (χ1v) is 7.63. The van der Waals surface area contributed by atoms with E-state index in [1.807, 2.05) is 4.90 Å². The number of hydrogen-bond donors (Lipinski definition) is 1. The first-order chi connectivity index (χ1) is 8.79. The van der Waals surface area contributed by atoms with E-state index in [-0.39, 0.29) is 23.4 Å². The van der Waals surface area contributed by atoms with Gasteiger partial charge in [-0.15, -0.1) is 11.3 Å². The second-order valence-corrected chi connectivity index (χ2v) is 7.44. The highest BCUT2D eigenvalue weighted by Crippen LogP contribution is 2.28. The summed E-state index contributed by atoms with van der Waals surface area (Å²) in [6.07, 6.45) is 3.49. The molecule has 0 aromatic carbocycles. The molecule has 0 aliphatic carbocycles. The summed E-state index contributed by atoms with van der Waals surface area (Å²) >= 11 is 1.51. The monoisotopic (exact) mass is 281 g/mol. The number of hydrogen-bond acceptors (Lipinski definition) is 4. The van der Waals surface area contributed by atoms with Gasteiger partial charge in [0.1, 0.15) is 4.88 Å². The lowest BCUT2D eigenvalue weighted by Crippen LogP contribution is -2.48. The Hall–Kier alpha value is -0.940. The Kier molecular flexibility index (Phi) is 3.97. The summed E-state index contributed by atoms with van der Waals surface area (Å²) in [6.45, 7) is 9.17. The molecule has 1 aliphatic heterocycles. The number of nitrogens with two attached hydrogens (primary N) is 1. The van der Waals surface area contributed by atoms with Crippen LogP contribution in [0.5, 0.6) is 0 Å². The van der Waals surface area contributed by atoms with Gasteiger partial charge in [-0.25, -0.2) is 4.98 Å². The van der Waals surface area contributed by atoms with Crippen molar-refractivity contribution in [3.05, 3.63) is 16.1 Å². The zero-order valence-corrected chi connectivity index (χ0v) is 13.0. The number of likely N-dealkylation sites (tertiary alicyclic amines) is 1. The minimum absolute atomic E-state index is 0.000928. The van der Waals surface area contributed by atoms with Crippen molar-refractivity contribution in [3.63, 3.8) is 0 Å². The van der Waals surface area contributed by atoms with Crippen molar-refractivity contribution >= 4 is 17.2 Å². The third kappa shape index (κ3) is 3.15. The Labute approximate surface area is 119 Å². The fourth-order valence-electron chi connectivity index (χ4n) is 2.37. The Balaban J connectivity index is 2.14. The molecule has 4 nitrogen and oxygen atoms in total. The van der Waals surface area contributed by atoms with Crippen LogP contribution in [0.1, 0.15) is 55.2 Å². The Bertz CT molecular complexity index is 464. The summed E-state index contributed by atoms with van der Waals surface area (Å²) in [7, 11) is 0. The number of thiazole rings is 1. The topological polar surface area (TPSA) is 59.2 Å². The van der Waals surface area contributed by atoms with Crippen molar-refractivity contribution in [1.29, 1.82) is 0 Å². The SMILES string of the molecule is C[C@H]1C[C@H](N)CCN1C(=O)c1cnc(C(C)(C)C)s1. The van der Waals surface area contributed by atoms with Crippen molar-refractivity contribution in [3.8, 4) is 0 Å². The molecule has 1 amide bonds. The van der Waals surface area contributed by atoms with E-state index in [0.717, 1.165) is 29.3 Å². The number of piperidine rings is 1. The van der Waals surface area contributed by atoms with Crippen molar-refractivity contribution < 1.29 is 4.79 Å². The number of amides is 1. The fourth-order valence-corrected chi connectivity index (χ4v) is 3.30. The van der Waals surface area contributed by atoms with Crippen LogP contribution in [0.4, 0.5) is 0 Å². The van der Waals surface area contributed by atoms with E-state index in [1.165, 1.54) is 11.3 Å². The van der Waals surface area contributed by atoms with Crippen LogP contribution in [-0.4, -0.2) is 34.4 Å². The number of nitrogens with zero attached hydrogens (tertiary/aromatic N) is 2. The molecular formula is C14H23N3OS. The van der Waals surface area contributed by atoms with E-state index in [0.29, 0.717) is 0 Å². The van der Waals surface area contributed by atoms with Gasteiger partial charge in [0.25, 0.3) is 5.91 Å². The normalized spacial score (nSPS) is 24.6. The average Bonchev–Trinajstić information content (AvgIpc) is 2.76. The first-order valence-electron chi connectivity index (χ1n) is 6.82. The van der Waals surface area contributed by atoms with Gasteiger partial charge in [0.05, 0.1) is 11.2 Å². The molecule has 106 valence electrons. The largest absolute Gasteiger partial charge is 0.335 e. The maximum absolute atomic E-state index is 12.5. The minimum atomic E-state index is -0.000928. The van der Waals surface area contributed by atoms with Crippen LogP contribution < -0.4 is 5.73 Å². The van der Waals surface area contributed by atoms with Crippen LogP contribution in [0.3, 0.4) is 0 Å². The molecule has 0 radical (unpaired) electrons. The predicted octanol–water partition coefficient (Wildman–Crippen LogP) is 2.39. The van der Waals surface area contributed by atoms with Crippen molar-refractivity contribution in [2.75, 3.05) is 6.54 Å². The van der Waals surface area contributed by atoms with Crippen LogP contribution in [0.25, 0.3) is 0 Å². The zero-order chi connectivity index (χ0) is 14.2. The molecule has 0 saturated carbocycles. The van der Waals surface area contributed by atoms with Crippen molar-refractivity contribution in [2.24, 2.45) is 5.73 Å². The number of carbonyl (C=O) groups is 1. The fraction of sp³-hybridized carbons (Fsp3) is 0.714. The molecule has 2 rings (SSSR count). The van der Waals surface area contributed by atoms with Gasteiger partial charge in [-0.3, -0.25) is 4.79 Å². The summed E-state index contributed by atoms with van der Waals surface area (Å²) in [5.41, 5.74) is 5.94. The lowest BCUT2D eigenvalue weighted by atomic mass is 9.98. The smallest absolute Gasteiger partial charge is 0.265 e. The second kappa shape index (κ2) is 5.21. The van der Waals surface area contributed by atoms with E-state index in [2.05, 4.69) is 32.7 Å². The van der Waals surface area contributed by atoms with Gasteiger partial charge in [0.15, 0.2) is 0 Å². The molecule has 5 heteroatoms. The minimum Gasteiger partial charge on any atom is -0.335 e. The number of aromatic nitrogens is 1.